The van der Waals surface area contributed by atoms with E-state index in [0.29, 0.717) is 22.1 Å². The summed E-state index contributed by atoms with van der Waals surface area (Å²) in [6, 6.07) is 6.96. The first-order chi connectivity index (χ1) is 9.13. The minimum atomic E-state index is 0.374. The van der Waals surface area contributed by atoms with Gasteiger partial charge < -0.3 is 5.32 Å². The van der Waals surface area contributed by atoms with Crippen molar-refractivity contribution in [3.8, 4) is 0 Å². The molecule has 1 fully saturated rings. The average molecular weight is 300 g/mol. The predicted molar refractivity (Wildman–Crippen MR) is 84.0 cm³/mol. The van der Waals surface area contributed by atoms with Crippen molar-refractivity contribution in [2.24, 2.45) is 5.92 Å². The van der Waals surface area contributed by atoms with Crippen LogP contribution in [0.3, 0.4) is 0 Å². The quantitative estimate of drug-likeness (QED) is 0.690. The molecule has 1 nitrogen and oxygen atoms in total. The van der Waals surface area contributed by atoms with E-state index >= 15 is 0 Å². The first kappa shape index (κ1) is 15.2. The zero-order valence-electron chi connectivity index (χ0n) is 11.8. The predicted octanol–water partition coefficient (Wildman–Crippen LogP) is 5.61. The van der Waals surface area contributed by atoms with Gasteiger partial charge in [0.05, 0.1) is 10.0 Å². The molecule has 1 aromatic carbocycles. The van der Waals surface area contributed by atoms with Gasteiger partial charge in [-0.2, -0.15) is 0 Å². The summed E-state index contributed by atoms with van der Waals surface area (Å²) in [5, 5.41) is 5.06. The second-order valence-corrected chi connectivity index (χ2v) is 6.40. The third-order valence-corrected chi connectivity index (χ3v) is 4.74. The fraction of sp³-hybridized carbons (Fsp3) is 0.625. The van der Waals surface area contributed by atoms with Crippen LogP contribution in [0.5, 0.6) is 0 Å². The van der Waals surface area contributed by atoms with Crippen molar-refractivity contribution in [3.05, 3.63) is 33.8 Å². The van der Waals surface area contributed by atoms with Gasteiger partial charge in [-0.15, -0.1) is 0 Å². The largest absolute Gasteiger partial charge is 0.307 e. The van der Waals surface area contributed by atoms with Gasteiger partial charge in [-0.3, -0.25) is 0 Å². The lowest BCUT2D eigenvalue weighted by molar-refractivity contribution is 0.383. The van der Waals surface area contributed by atoms with Crippen LogP contribution in [0, 0.1) is 5.92 Å². The van der Waals surface area contributed by atoms with Gasteiger partial charge >= 0.3 is 0 Å². The second kappa shape index (κ2) is 6.97. The molecule has 1 saturated carbocycles. The van der Waals surface area contributed by atoms with E-state index in [-0.39, 0.29) is 0 Å². The summed E-state index contributed by atoms with van der Waals surface area (Å²) in [6.45, 7) is 4.48. The highest BCUT2D eigenvalue weighted by Crippen LogP contribution is 2.35. The highest BCUT2D eigenvalue weighted by atomic mass is 35.5. The van der Waals surface area contributed by atoms with Crippen LogP contribution < -0.4 is 5.32 Å². The molecule has 1 N–H and O–H groups in total. The maximum atomic E-state index is 6.12. The highest BCUT2D eigenvalue weighted by Gasteiger charge is 2.26. The Morgan fingerprint density at radius 2 is 1.89 bits per heavy atom. The molecule has 1 aromatic rings. The van der Waals surface area contributed by atoms with Gasteiger partial charge in [-0.1, -0.05) is 56.0 Å². The Bertz CT molecular complexity index is 415. The molecular formula is C16H23Cl2N. The van der Waals surface area contributed by atoms with E-state index < -0.39 is 0 Å². The van der Waals surface area contributed by atoms with Crippen molar-refractivity contribution < 1.29 is 0 Å². The van der Waals surface area contributed by atoms with Crippen LogP contribution in [0.4, 0.5) is 0 Å². The summed E-state index contributed by atoms with van der Waals surface area (Å²) in [5.74, 6) is 0.962. The lowest BCUT2D eigenvalue weighted by Gasteiger charge is -2.25. The number of hydrogen-bond acceptors (Lipinski definition) is 1. The summed E-state index contributed by atoms with van der Waals surface area (Å²) < 4.78 is 0. The second-order valence-electron chi connectivity index (χ2n) is 5.59. The normalized spacial score (nSPS) is 18.3. The Morgan fingerprint density at radius 3 is 2.42 bits per heavy atom. The Morgan fingerprint density at radius 1 is 1.16 bits per heavy atom. The van der Waals surface area contributed by atoms with E-state index in [2.05, 4.69) is 25.2 Å². The van der Waals surface area contributed by atoms with E-state index in [1.807, 2.05) is 12.1 Å². The highest BCUT2D eigenvalue weighted by molar-refractivity contribution is 6.42. The molecular weight excluding hydrogens is 277 g/mol. The molecule has 0 aliphatic heterocycles. The molecule has 0 spiro atoms. The van der Waals surface area contributed by atoms with Crippen molar-refractivity contribution in [1.29, 1.82) is 0 Å². The fourth-order valence-corrected chi connectivity index (χ4v) is 2.88. The SMILES string of the molecule is CCC(CC1CC1)NC(CC)c1ccc(Cl)c(Cl)c1. The Kier molecular flexibility index (Phi) is 5.56. The molecule has 0 amide bonds. The number of benzene rings is 1. The monoisotopic (exact) mass is 299 g/mol. The van der Waals surface area contributed by atoms with Crippen LogP contribution in [-0.2, 0) is 0 Å². The minimum absolute atomic E-state index is 0.374. The zero-order valence-corrected chi connectivity index (χ0v) is 13.3. The Hall–Kier alpha value is -0.240. The number of hydrogen-bond donors (Lipinski definition) is 1. The Balaban J connectivity index is 2.02. The van der Waals surface area contributed by atoms with E-state index in [1.54, 1.807) is 0 Å². The number of rotatable bonds is 7. The van der Waals surface area contributed by atoms with Crippen LogP contribution in [0.1, 0.15) is 57.6 Å². The third-order valence-electron chi connectivity index (χ3n) is 4.00. The number of halogens is 2. The molecule has 0 radical (unpaired) electrons. The first-order valence-electron chi connectivity index (χ1n) is 7.35. The molecule has 0 bridgehead atoms. The van der Waals surface area contributed by atoms with Crippen LogP contribution >= 0.6 is 23.2 Å². The molecule has 2 unspecified atom stereocenters. The van der Waals surface area contributed by atoms with Crippen LogP contribution in [0.25, 0.3) is 0 Å². The molecule has 2 atom stereocenters. The van der Waals surface area contributed by atoms with Gasteiger partial charge in [0.1, 0.15) is 0 Å². The van der Waals surface area contributed by atoms with E-state index in [1.165, 1.54) is 31.2 Å². The van der Waals surface area contributed by atoms with Gasteiger partial charge in [0.15, 0.2) is 0 Å². The van der Waals surface area contributed by atoms with Gasteiger partial charge in [-0.25, -0.2) is 0 Å². The van der Waals surface area contributed by atoms with E-state index in [0.717, 1.165) is 12.3 Å². The molecule has 0 aromatic heterocycles. The summed E-state index contributed by atoms with van der Waals surface area (Å²) in [4.78, 5) is 0. The van der Waals surface area contributed by atoms with Gasteiger partial charge in [0.2, 0.25) is 0 Å². The molecule has 0 heterocycles. The van der Waals surface area contributed by atoms with Crippen LogP contribution in [0.15, 0.2) is 18.2 Å². The topological polar surface area (TPSA) is 12.0 Å². The van der Waals surface area contributed by atoms with E-state index in [4.69, 9.17) is 23.2 Å². The lowest BCUT2D eigenvalue weighted by atomic mass is 10.0. The molecule has 19 heavy (non-hydrogen) atoms. The van der Waals surface area contributed by atoms with Crippen LogP contribution in [-0.4, -0.2) is 6.04 Å². The first-order valence-corrected chi connectivity index (χ1v) is 8.10. The summed E-state index contributed by atoms with van der Waals surface area (Å²) in [7, 11) is 0. The standard InChI is InChI=1S/C16H23Cl2N/c1-3-13(9-11-5-6-11)19-16(4-2)12-7-8-14(17)15(18)10-12/h7-8,10-11,13,16,19H,3-6,9H2,1-2H3. The molecule has 2 rings (SSSR count). The maximum absolute atomic E-state index is 6.12. The molecule has 0 saturated heterocycles. The fourth-order valence-electron chi connectivity index (χ4n) is 2.57. The summed E-state index contributed by atoms with van der Waals surface area (Å²) in [6.07, 6.45) is 6.41. The number of nitrogens with one attached hydrogen (secondary N) is 1. The lowest BCUT2D eigenvalue weighted by Crippen LogP contribution is -2.32. The molecule has 106 valence electrons. The van der Waals surface area contributed by atoms with Crippen LogP contribution in [0.2, 0.25) is 10.0 Å². The van der Waals surface area contributed by atoms with Crippen molar-refractivity contribution >= 4 is 23.2 Å². The average Bonchev–Trinajstić information content (AvgIpc) is 3.22. The van der Waals surface area contributed by atoms with E-state index in [9.17, 15) is 0 Å². The van der Waals surface area contributed by atoms with Gasteiger partial charge in [0.25, 0.3) is 0 Å². The van der Waals surface area contributed by atoms with Gasteiger partial charge in [-0.05, 0) is 42.9 Å². The van der Waals surface area contributed by atoms with Crippen molar-refractivity contribution in [3.63, 3.8) is 0 Å². The molecule has 1 aliphatic carbocycles. The smallest absolute Gasteiger partial charge is 0.0595 e. The molecule has 3 heteroatoms. The van der Waals surface area contributed by atoms with Gasteiger partial charge in [0, 0.05) is 12.1 Å². The third kappa shape index (κ3) is 4.37. The van der Waals surface area contributed by atoms with Crippen molar-refractivity contribution in [1.82, 2.24) is 5.32 Å². The minimum Gasteiger partial charge on any atom is -0.307 e. The maximum Gasteiger partial charge on any atom is 0.0595 e. The summed E-state index contributed by atoms with van der Waals surface area (Å²) in [5.41, 5.74) is 1.24. The van der Waals surface area contributed by atoms with Crippen molar-refractivity contribution in [2.45, 2.75) is 58.0 Å². The molecule has 1 aliphatic rings. The summed E-state index contributed by atoms with van der Waals surface area (Å²) >= 11 is 12.1. The van der Waals surface area contributed by atoms with Crippen molar-refractivity contribution in [2.75, 3.05) is 0 Å². The Labute approximate surface area is 126 Å². The zero-order chi connectivity index (χ0) is 13.8.